The third kappa shape index (κ3) is 12.4. The molecule has 5 heterocycles. The summed E-state index contributed by atoms with van der Waals surface area (Å²) in [6, 6.07) is 3.26. The minimum absolute atomic E-state index is 0.0533. The highest BCUT2D eigenvalue weighted by atomic mass is 32.1. The number of aliphatic hydroxyl groups is 2. The zero-order valence-corrected chi connectivity index (χ0v) is 42.5. The fraction of sp³-hybridized carbons (Fsp3) is 0.830. The molecule has 0 bridgehead atoms. The van der Waals surface area contributed by atoms with E-state index in [1.165, 1.54) is 7.11 Å². The summed E-state index contributed by atoms with van der Waals surface area (Å²) in [4.78, 5) is 45.8. The first-order chi connectivity index (χ1) is 30.8. The van der Waals surface area contributed by atoms with E-state index in [9.17, 15) is 24.6 Å². The lowest BCUT2D eigenvalue weighted by atomic mass is 9.77. The van der Waals surface area contributed by atoms with Gasteiger partial charge in [-0.1, -0.05) is 26.8 Å². The first-order valence-electron chi connectivity index (χ1n) is 23.4. The zero-order valence-electron chi connectivity index (χ0n) is 41.7. The minimum atomic E-state index is -1.60. The second-order valence-corrected chi connectivity index (χ2v) is 21.2. The summed E-state index contributed by atoms with van der Waals surface area (Å²) in [5, 5.41) is 30.7. The second-order valence-electron chi connectivity index (χ2n) is 20.2. The van der Waals surface area contributed by atoms with Crippen LogP contribution in [-0.4, -0.2) is 169 Å². The topological polar surface area (TPSA) is 206 Å². The molecule has 0 aliphatic carbocycles. The van der Waals surface area contributed by atoms with Crippen molar-refractivity contribution in [2.45, 2.75) is 199 Å². The van der Waals surface area contributed by atoms with Crippen molar-refractivity contribution in [3.8, 4) is 0 Å². The van der Waals surface area contributed by atoms with E-state index in [1.54, 1.807) is 46.0 Å². The molecule has 0 aromatic carbocycles. The smallest absolute Gasteiger partial charge is 0.458 e. The van der Waals surface area contributed by atoms with Crippen molar-refractivity contribution < 1.29 is 67.2 Å². The predicted molar refractivity (Wildman–Crippen MR) is 246 cm³/mol. The highest BCUT2D eigenvalue weighted by molar-refractivity contribution is 7.10. The van der Waals surface area contributed by atoms with Gasteiger partial charge in [0.15, 0.2) is 30.4 Å². The van der Waals surface area contributed by atoms with Crippen molar-refractivity contribution in [1.82, 2.24) is 15.2 Å². The van der Waals surface area contributed by atoms with Crippen LogP contribution < -0.4 is 5.43 Å². The number of amides is 1. The van der Waals surface area contributed by atoms with Gasteiger partial charge < -0.3 is 57.7 Å². The highest BCUT2D eigenvalue weighted by Gasteiger charge is 2.58. The van der Waals surface area contributed by atoms with Crippen LogP contribution in [0.15, 0.2) is 22.6 Å². The maximum atomic E-state index is 14.7. The first-order valence-corrected chi connectivity index (χ1v) is 24.3. The molecule has 0 spiro atoms. The molecule has 3 N–H and O–H groups in total. The molecule has 1 amide bonds. The second kappa shape index (κ2) is 22.2. The van der Waals surface area contributed by atoms with Gasteiger partial charge in [-0.2, -0.15) is 5.10 Å². The van der Waals surface area contributed by atoms with Crippen molar-refractivity contribution in [3.05, 3.63) is 22.4 Å². The fourth-order valence-electron chi connectivity index (χ4n) is 10.5. The zero-order chi connectivity index (χ0) is 49.1. The molecule has 66 heavy (non-hydrogen) atoms. The van der Waals surface area contributed by atoms with Crippen LogP contribution >= 0.6 is 11.3 Å². The van der Waals surface area contributed by atoms with Gasteiger partial charge in [-0.05, 0) is 113 Å². The Bertz CT molecular complexity index is 1800. The van der Waals surface area contributed by atoms with E-state index in [4.69, 9.17) is 42.6 Å². The molecule has 1 aromatic heterocycles. The number of ether oxygens (including phenoxy) is 9. The van der Waals surface area contributed by atoms with E-state index in [1.807, 2.05) is 90.0 Å². The number of nitrogens with one attached hydrogen (secondary N) is 1. The number of thiophene rings is 1. The number of methoxy groups -OCH3 is 1. The Hall–Kier alpha value is -2.98. The van der Waals surface area contributed by atoms with Crippen LogP contribution in [-0.2, 0) is 53.8 Å². The summed E-state index contributed by atoms with van der Waals surface area (Å²) >= 11 is 1.60. The summed E-state index contributed by atoms with van der Waals surface area (Å²) < 4.78 is 56.5. The minimum Gasteiger partial charge on any atom is -0.458 e. The Balaban J connectivity index is 1.51. The van der Waals surface area contributed by atoms with Crippen LogP contribution in [0, 0.1) is 17.8 Å². The van der Waals surface area contributed by atoms with Crippen LogP contribution in [0.1, 0.15) is 107 Å². The molecule has 4 saturated heterocycles. The number of hydrazone groups is 1. The van der Waals surface area contributed by atoms with Crippen molar-refractivity contribution >= 4 is 35.3 Å². The number of nitrogens with zero attached hydrogens (tertiary/aromatic N) is 3. The van der Waals surface area contributed by atoms with Gasteiger partial charge >= 0.3 is 18.2 Å². The molecule has 18 nitrogen and oxygen atoms in total. The first kappa shape index (κ1) is 54.0. The number of hydrogen-bond acceptors (Lipinski definition) is 18. The number of cyclic esters (lactones) is 1. The summed E-state index contributed by atoms with van der Waals surface area (Å²) in [6.45, 7) is 20.4. The van der Waals surface area contributed by atoms with Crippen LogP contribution in [0.25, 0.3) is 0 Å². The monoisotopic (exact) mass is 955 g/mol. The van der Waals surface area contributed by atoms with E-state index in [2.05, 4.69) is 10.5 Å². The number of hydrogen-bond donors (Lipinski definition) is 3. The lowest BCUT2D eigenvalue weighted by Crippen LogP contribution is -2.61. The molecular formula is C47H78N4O14S. The number of esters is 1. The summed E-state index contributed by atoms with van der Waals surface area (Å²) in [7, 11) is 7.19. The maximum absolute atomic E-state index is 14.7. The Morgan fingerprint density at radius 2 is 1.74 bits per heavy atom. The van der Waals surface area contributed by atoms with E-state index < -0.39 is 102 Å². The van der Waals surface area contributed by atoms with Gasteiger partial charge in [-0.3, -0.25) is 9.69 Å². The molecule has 1 aromatic rings. The average Bonchev–Trinajstić information content (AvgIpc) is 3.87. The number of aliphatic hydroxyl groups excluding tert-OH is 1. The van der Waals surface area contributed by atoms with E-state index >= 15 is 0 Å². The molecule has 4 fully saturated rings. The van der Waals surface area contributed by atoms with Crippen LogP contribution in [0.5, 0.6) is 0 Å². The van der Waals surface area contributed by atoms with Crippen molar-refractivity contribution in [3.63, 3.8) is 0 Å². The molecule has 0 saturated carbocycles. The largest absolute Gasteiger partial charge is 0.509 e. The Labute approximate surface area is 395 Å². The van der Waals surface area contributed by atoms with Gasteiger partial charge in [0.05, 0.1) is 35.9 Å². The van der Waals surface area contributed by atoms with Crippen LogP contribution in [0.3, 0.4) is 0 Å². The van der Waals surface area contributed by atoms with Gasteiger partial charge in [-0.25, -0.2) is 15.0 Å². The SMILES string of the molecule is CC[C@H]1OC(=O)[C@H](C)[C@@H](O[C@H]2C[C@@](C)(OC)C(OC(=O)N/N=C(\C)Cc3cccs3)[C@H](C)O2)[C@H](C)[C@@H](O[C@@H]2O[C@H](C)C[C@H](N(C)C)[C@H]2O)[C@](C)(O)C[C@@H](C)CN(C)[C@H](C)[C@H]2OC(=O)O[C@@]21C. The molecule has 18 atom stereocenters. The third-order valence-corrected chi connectivity index (χ3v) is 15.1. The van der Waals surface area contributed by atoms with E-state index in [0.29, 0.717) is 31.5 Å². The number of carbonyl (C=O) groups is 3. The van der Waals surface area contributed by atoms with Crippen molar-refractivity contribution in [2.24, 2.45) is 22.9 Å². The van der Waals surface area contributed by atoms with Crippen molar-refractivity contribution in [1.29, 1.82) is 0 Å². The van der Waals surface area contributed by atoms with E-state index in [0.717, 1.165) is 4.88 Å². The van der Waals surface area contributed by atoms with E-state index in [-0.39, 0.29) is 36.9 Å². The lowest BCUT2D eigenvalue weighted by Gasteiger charge is -2.49. The normalized spacial score (nSPS) is 42.3. The molecule has 5 rings (SSSR count). The Morgan fingerprint density at radius 1 is 1.05 bits per heavy atom. The number of likely N-dealkylation sites (N-methyl/N-ethyl adjacent to an activating group) is 2. The summed E-state index contributed by atoms with van der Waals surface area (Å²) in [6.07, 6.45) is -9.07. The van der Waals surface area contributed by atoms with Gasteiger partial charge in [0.25, 0.3) is 0 Å². The van der Waals surface area contributed by atoms with Gasteiger partial charge in [-0.15, -0.1) is 11.3 Å². The Morgan fingerprint density at radius 3 is 2.36 bits per heavy atom. The molecule has 0 radical (unpaired) electrons. The maximum Gasteiger partial charge on any atom is 0.509 e. The van der Waals surface area contributed by atoms with Gasteiger partial charge in [0.2, 0.25) is 0 Å². The fourth-order valence-corrected chi connectivity index (χ4v) is 11.3. The average molecular weight is 955 g/mol. The standard InChI is InChI=1S/C47H78N4O14S/c1-16-34-47(11)39(64-44(55)65-47)30(7)51(14)24-25(2)22-45(9,56)38(62-42-36(52)33(50(12)13)21-27(4)58-42)28(5)37(29(6)41(53)60-34)61-35-23-46(10,57-15)40(31(8)59-35)63-43(54)49-48-26(3)20-32-18-17-19-66-32/h17-19,25,27-31,33-40,42,52,56H,16,20-24H2,1-15H3,(H,49,54)/b48-26+/t25-,27-,28+,29-,30-,31+,33+,34-,35+,36-,37+,38-,39-,40?,42+,45-,46-,47-/m1/s1. The number of fused-ring (bicyclic) bond motifs is 1. The molecule has 1 unspecified atom stereocenters. The molecular weight excluding hydrogens is 877 g/mol. The molecule has 4 aliphatic rings. The summed E-state index contributed by atoms with van der Waals surface area (Å²) in [5.74, 6) is -2.67. The summed E-state index contributed by atoms with van der Waals surface area (Å²) in [5.41, 5.74) is -0.916. The Kier molecular flexibility index (Phi) is 18.1. The quantitative estimate of drug-likeness (QED) is 0.108. The van der Waals surface area contributed by atoms with Crippen LogP contribution in [0.4, 0.5) is 9.59 Å². The molecule has 19 heteroatoms. The third-order valence-electron chi connectivity index (χ3n) is 14.2. The van der Waals surface area contributed by atoms with Crippen molar-refractivity contribution in [2.75, 3.05) is 34.8 Å². The lowest BCUT2D eigenvalue weighted by molar-refractivity contribution is -0.317. The van der Waals surface area contributed by atoms with Gasteiger partial charge in [0, 0.05) is 55.1 Å². The van der Waals surface area contributed by atoms with Crippen LogP contribution in [0.2, 0.25) is 0 Å². The predicted octanol–water partition coefficient (Wildman–Crippen LogP) is 5.50. The highest BCUT2D eigenvalue weighted by Crippen LogP contribution is 2.42. The number of rotatable bonds is 11. The number of carbonyl (C=O) groups excluding carboxylic acids is 3. The molecule has 4 aliphatic heterocycles. The van der Waals surface area contributed by atoms with Gasteiger partial charge in [0.1, 0.15) is 17.8 Å². The molecule has 376 valence electrons.